The molecule has 0 aliphatic carbocycles. The molecule has 122 valence electrons. The SMILES string of the molecule is COc1cccc(OCc2ccccc2)c1OCc1ccccc1. The fourth-order valence-electron chi connectivity index (χ4n) is 2.38. The van der Waals surface area contributed by atoms with Crippen molar-refractivity contribution in [3.05, 3.63) is 90.0 Å². The lowest BCUT2D eigenvalue weighted by Crippen LogP contribution is -2.02. The summed E-state index contributed by atoms with van der Waals surface area (Å²) in [5, 5.41) is 0. The summed E-state index contributed by atoms with van der Waals surface area (Å²) in [7, 11) is 1.63. The van der Waals surface area contributed by atoms with Crippen molar-refractivity contribution in [2.45, 2.75) is 13.2 Å². The highest BCUT2D eigenvalue weighted by Crippen LogP contribution is 2.38. The maximum atomic E-state index is 5.98. The first-order chi connectivity index (χ1) is 11.9. The minimum absolute atomic E-state index is 0.461. The van der Waals surface area contributed by atoms with Crippen molar-refractivity contribution in [2.24, 2.45) is 0 Å². The summed E-state index contributed by atoms with van der Waals surface area (Å²) < 4.78 is 17.4. The Morgan fingerprint density at radius 3 is 1.71 bits per heavy atom. The zero-order chi connectivity index (χ0) is 16.6. The molecule has 0 unspecified atom stereocenters. The molecule has 3 aromatic rings. The number of ether oxygens (including phenoxy) is 3. The van der Waals surface area contributed by atoms with Gasteiger partial charge in [0.25, 0.3) is 0 Å². The van der Waals surface area contributed by atoms with E-state index in [1.54, 1.807) is 7.11 Å². The second-order valence-electron chi connectivity index (χ2n) is 5.34. The van der Waals surface area contributed by atoms with Crippen molar-refractivity contribution in [3.63, 3.8) is 0 Å². The summed E-state index contributed by atoms with van der Waals surface area (Å²) in [5.41, 5.74) is 2.20. The number of methoxy groups -OCH3 is 1. The lowest BCUT2D eigenvalue weighted by Gasteiger charge is -2.16. The first-order valence-corrected chi connectivity index (χ1v) is 7.87. The zero-order valence-electron chi connectivity index (χ0n) is 13.6. The Kier molecular flexibility index (Phi) is 5.36. The fourth-order valence-corrected chi connectivity index (χ4v) is 2.38. The quantitative estimate of drug-likeness (QED) is 0.622. The van der Waals surface area contributed by atoms with E-state index in [1.807, 2.05) is 78.9 Å². The summed E-state index contributed by atoms with van der Waals surface area (Å²) in [5.74, 6) is 1.96. The molecule has 3 heteroatoms. The molecule has 0 atom stereocenters. The highest BCUT2D eigenvalue weighted by Gasteiger charge is 2.12. The molecule has 0 heterocycles. The largest absolute Gasteiger partial charge is 0.493 e. The molecule has 0 fully saturated rings. The maximum Gasteiger partial charge on any atom is 0.203 e. The zero-order valence-corrected chi connectivity index (χ0v) is 13.6. The van der Waals surface area contributed by atoms with Gasteiger partial charge in [0.05, 0.1) is 7.11 Å². The van der Waals surface area contributed by atoms with Crippen LogP contribution in [-0.4, -0.2) is 7.11 Å². The number of benzene rings is 3. The van der Waals surface area contributed by atoms with Crippen molar-refractivity contribution in [1.82, 2.24) is 0 Å². The number of hydrogen-bond donors (Lipinski definition) is 0. The van der Waals surface area contributed by atoms with E-state index in [-0.39, 0.29) is 0 Å². The van der Waals surface area contributed by atoms with Crippen LogP contribution in [0.5, 0.6) is 17.2 Å². The summed E-state index contributed by atoms with van der Waals surface area (Å²) in [6.45, 7) is 0.943. The third kappa shape index (κ3) is 4.07. The molecule has 0 aromatic heterocycles. The van der Waals surface area contributed by atoms with Crippen LogP contribution in [0.3, 0.4) is 0 Å². The Hall–Kier alpha value is -2.94. The van der Waals surface area contributed by atoms with Gasteiger partial charge in [0.2, 0.25) is 5.75 Å². The van der Waals surface area contributed by atoms with E-state index < -0.39 is 0 Å². The molecule has 3 rings (SSSR count). The average Bonchev–Trinajstić information content (AvgIpc) is 2.66. The first-order valence-electron chi connectivity index (χ1n) is 7.87. The van der Waals surface area contributed by atoms with E-state index in [2.05, 4.69) is 0 Å². The predicted octanol–water partition coefficient (Wildman–Crippen LogP) is 4.85. The van der Waals surface area contributed by atoms with Crippen LogP contribution in [0.15, 0.2) is 78.9 Å². The van der Waals surface area contributed by atoms with E-state index in [9.17, 15) is 0 Å². The van der Waals surface area contributed by atoms with Gasteiger partial charge in [-0.25, -0.2) is 0 Å². The van der Waals surface area contributed by atoms with Crippen LogP contribution in [0.2, 0.25) is 0 Å². The van der Waals surface area contributed by atoms with E-state index >= 15 is 0 Å². The number of hydrogen-bond acceptors (Lipinski definition) is 3. The van der Waals surface area contributed by atoms with Gasteiger partial charge in [-0.05, 0) is 23.3 Å². The average molecular weight is 320 g/mol. The highest BCUT2D eigenvalue weighted by molar-refractivity contribution is 5.51. The Morgan fingerprint density at radius 2 is 1.12 bits per heavy atom. The van der Waals surface area contributed by atoms with Crippen molar-refractivity contribution in [3.8, 4) is 17.2 Å². The molecular weight excluding hydrogens is 300 g/mol. The molecule has 0 amide bonds. The summed E-state index contributed by atoms with van der Waals surface area (Å²) in [6, 6.07) is 25.7. The third-order valence-electron chi connectivity index (χ3n) is 3.63. The van der Waals surface area contributed by atoms with Gasteiger partial charge >= 0.3 is 0 Å². The molecule has 3 nitrogen and oxygen atoms in total. The Morgan fingerprint density at radius 1 is 0.583 bits per heavy atom. The van der Waals surface area contributed by atoms with Gasteiger partial charge < -0.3 is 14.2 Å². The van der Waals surface area contributed by atoms with E-state index in [1.165, 1.54) is 0 Å². The van der Waals surface area contributed by atoms with Gasteiger partial charge in [-0.1, -0.05) is 66.7 Å². The highest BCUT2D eigenvalue weighted by atomic mass is 16.5. The lowest BCUT2D eigenvalue weighted by molar-refractivity contribution is 0.244. The number of para-hydroxylation sites is 1. The molecular formula is C21H20O3. The minimum Gasteiger partial charge on any atom is -0.493 e. The van der Waals surface area contributed by atoms with Crippen LogP contribution in [0.1, 0.15) is 11.1 Å². The Labute approximate surface area is 142 Å². The predicted molar refractivity (Wildman–Crippen MR) is 94.5 cm³/mol. The van der Waals surface area contributed by atoms with Gasteiger partial charge in [-0.2, -0.15) is 0 Å². The normalized spacial score (nSPS) is 10.2. The Bertz CT molecular complexity index is 755. The Balaban J connectivity index is 1.75. The lowest BCUT2D eigenvalue weighted by atomic mass is 10.2. The molecule has 0 saturated carbocycles. The van der Waals surface area contributed by atoms with Gasteiger partial charge in [0.1, 0.15) is 13.2 Å². The molecule has 3 aromatic carbocycles. The molecule has 0 aliphatic rings. The molecule has 0 bridgehead atoms. The molecule has 0 radical (unpaired) electrons. The van der Waals surface area contributed by atoms with Crippen LogP contribution in [0.4, 0.5) is 0 Å². The molecule has 0 aliphatic heterocycles. The summed E-state index contributed by atoms with van der Waals surface area (Å²) in [4.78, 5) is 0. The summed E-state index contributed by atoms with van der Waals surface area (Å²) in [6.07, 6.45) is 0. The second kappa shape index (κ2) is 8.06. The van der Waals surface area contributed by atoms with Crippen molar-refractivity contribution >= 4 is 0 Å². The van der Waals surface area contributed by atoms with Crippen LogP contribution >= 0.6 is 0 Å². The second-order valence-corrected chi connectivity index (χ2v) is 5.34. The van der Waals surface area contributed by atoms with E-state index in [4.69, 9.17) is 14.2 Å². The van der Waals surface area contributed by atoms with Gasteiger partial charge in [0.15, 0.2) is 11.5 Å². The van der Waals surface area contributed by atoms with Crippen molar-refractivity contribution in [1.29, 1.82) is 0 Å². The van der Waals surface area contributed by atoms with Crippen LogP contribution in [-0.2, 0) is 13.2 Å². The van der Waals surface area contributed by atoms with E-state index in [0.29, 0.717) is 30.5 Å². The molecule has 24 heavy (non-hydrogen) atoms. The van der Waals surface area contributed by atoms with Crippen LogP contribution in [0, 0.1) is 0 Å². The van der Waals surface area contributed by atoms with E-state index in [0.717, 1.165) is 11.1 Å². The number of rotatable bonds is 7. The molecule has 0 spiro atoms. The van der Waals surface area contributed by atoms with Gasteiger partial charge in [0, 0.05) is 0 Å². The topological polar surface area (TPSA) is 27.7 Å². The smallest absolute Gasteiger partial charge is 0.203 e. The molecule has 0 N–H and O–H groups in total. The van der Waals surface area contributed by atoms with Crippen molar-refractivity contribution < 1.29 is 14.2 Å². The van der Waals surface area contributed by atoms with Crippen LogP contribution < -0.4 is 14.2 Å². The van der Waals surface area contributed by atoms with Gasteiger partial charge in [-0.3, -0.25) is 0 Å². The third-order valence-corrected chi connectivity index (χ3v) is 3.63. The van der Waals surface area contributed by atoms with Gasteiger partial charge in [-0.15, -0.1) is 0 Å². The van der Waals surface area contributed by atoms with Crippen LogP contribution in [0.25, 0.3) is 0 Å². The maximum absolute atomic E-state index is 5.98. The molecule has 0 saturated heterocycles. The fraction of sp³-hybridized carbons (Fsp3) is 0.143. The standard InChI is InChI=1S/C21H20O3/c1-22-19-13-8-14-20(23-15-17-9-4-2-5-10-17)21(19)24-16-18-11-6-3-7-12-18/h2-14H,15-16H2,1H3. The first kappa shape index (κ1) is 15.9. The minimum atomic E-state index is 0.461. The monoisotopic (exact) mass is 320 g/mol. The summed E-state index contributed by atoms with van der Waals surface area (Å²) >= 11 is 0. The van der Waals surface area contributed by atoms with Crippen molar-refractivity contribution in [2.75, 3.05) is 7.11 Å².